The molecule has 0 spiro atoms. The molecule has 0 atom stereocenters. The number of likely N-dealkylation sites (tertiary alicyclic amines) is 1. The van der Waals surface area contributed by atoms with E-state index in [0.717, 1.165) is 49.1 Å². The highest BCUT2D eigenvalue weighted by molar-refractivity contribution is 9.10. The van der Waals surface area contributed by atoms with E-state index >= 15 is 0 Å². The first-order valence-electron chi connectivity index (χ1n) is 7.46. The van der Waals surface area contributed by atoms with Crippen LogP contribution in [-0.4, -0.2) is 42.2 Å². The first-order valence-corrected chi connectivity index (χ1v) is 8.25. The van der Waals surface area contributed by atoms with E-state index in [2.05, 4.69) is 20.8 Å². The summed E-state index contributed by atoms with van der Waals surface area (Å²) in [5.41, 5.74) is 0. The van der Waals surface area contributed by atoms with E-state index in [0.29, 0.717) is 18.9 Å². The number of piperidine rings is 1. The summed E-state index contributed by atoms with van der Waals surface area (Å²) in [4.78, 5) is 13.0. The number of ether oxygens (including phenoxy) is 1. The molecule has 0 saturated carbocycles. The van der Waals surface area contributed by atoms with Crippen LogP contribution in [0, 0.1) is 5.92 Å². The molecule has 1 fully saturated rings. The number of hydrogen-bond donors (Lipinski definition) is 1. The lowest BCUT2D eigenvalue weighted by atomic mass is 9.92. The molecule has 116 valence electrons. The van der Waals surface area contributed by atoms with Crippen LogP contribution >= 0.6 is 15.9 Å². The maximum atomic E-state index is 10.6. The monoisotopic (exact) mass is 355 g/mol. The van der Waals surface area contributed by atoms with Crippen molar-refractivity contribution in [3.8, 4) is 5.75 Å². The van der Waals surface area contributed by atoms with Crippen molar-refractivity contribution in [1.82, 2.24) is 4.90 Å². The van der Waals surface area contributed by atoms with Gasteiger partial charge in [-0.2, -0.15) is 0 Å². The summed E-state index contributed by atoms with van der Waals surface area (Å²) >= 11 is 3.43. The molecule has 0 bridgehead atoms. The fourth-order valence-corrected chi connectivity index (χ4v) is 3.05. The van der Waals surface area contributed by atoms with Gasteiger partial charge in [0.05, 0.1) is 0 Å². The highest BCUT2D eigenvalue weighted by atomic mass is 79.9. The molecule has 0 amide bonds. The third-order valence-electron chi connectivity index (χ3n) is 3.95. The third-order valence-corrected chi connectivity index (χ3v) is 4.44. The number of hydrogen-bond acceptors (Lipinski definition) is 3. The normalized spacial score (nSPS) is 16.8. The fraction of sp³-hybridized carbons (Fsp3) is 0.562. The summed E-state index contributed by atoms with van der Waals surface area (Å²) < 4.78 is 6.77. The predicted octanol–water partition coefficient (Wildman–Crippen LogP) is 3.40. The quantitative estimate of drug-likeness (QED) is 0.814. The van der Waals surface area contributed by atoms with Gasteiger partial charge in [-0.25, -0.2) is 0 Å². The van der Waals surface area contributed by atoms with Crippen LogP contribution in [0.4, 0.5) is 0 Å². The minimum atomic E-state index is -0.681. The molecule has 1 N–H and O–H groups in total. The van der Waals surface area contributed by atoms with Gasteiger partial charge in [0, 0.05) is 17.4 Å². The molecule has 1 heterocycles. The van der Waals surface area contributed by atoms with Crippen LogP contribution in [0.5, 0.6) is 5.75 Å². The molecule has 1 aliphatic heterocycles. The topological polar surface area (TPSA) is 49.8 Å². The Hall–Kier alpha value is -1.07. The highest BCUT2D eigenvalue weighted by Crippen LogP contribution is 2.22. The van der Waals surface area contributed by atoms with Crippen LogP contribution in [0.25, 0.3) is 0 Å². The van der Waals surface area contributed by atoms with Crippen molar-refractivity contribution in [2.45, 2.75) is 25.7 Å². The summed E-state index contributed by atoms with van der Waals surface area (Å²) in [6.07, 6.45) is 3.32. The molecule has 5 heteroatoms. The Morgan fingerprint density at radius 1 is 1.38 bits per heavy atom. The average molecular weight is 356 g/mol. The highest BCUT2D eigenvalue weighted by Gasteiger charge is 2.19. The van der Waals surface area contributed by atoms with Gasteiger partial charge >= 0.3 is 5.97 Å². The zero-order valence-corrected chi connectivity index (χ0v) is 13.7. The molecule has 21 heavy (non-hydrogen) atoms. The minimum Gasteiger partial charge on any atom is -0.492 e. The van der Waals surface area contributed by atoms with Crippen molar-refractivity contribution in [3.05, 3.63) is 28.7 Å². The maximum Gasteiger partial charge on any atom is 0.303 e. The average Bonchev–Trinajstić information content (AvgIpc) is 2.46. The van der Waals surface area contributed by atoms with E-state index in [1.165, 1.54) is 0 Å². The van der Waals surface area contributed by atoms with Gasteiger partial charge in [0.1, 0.15) is 12.4 Å². The van der Waals surface area contributed by atoms with Gasteiger partial charge < -0.3 is 9.84 Å². The first-order chi connectivity index (χ1) is 10.1. The van der Waals surface area contributed by atoms with Crippen LogP contribution in [-0.2, 0) is 4.79 Å². The molecule has 1 aromatic carbocycles. The summed E-state index contributed by atoms with van der Waals surface area (Å²) in [5, 5.41) is 8.71. The van der Waals surface area contributed by atoms with Gasteiger partial charge in [-0.05, 0) is 56.5 Å². The van der Waals surface area contributed by atoms with Gasteiger partial charge in [-0.1, -0.05) is 22.0 Å². The molecule has 0 aliphatic carbocycles. The Labute approximate surface area is 134 Å². The Balaban J connectivity index is 1.61. The molecule has 1 aliphatic rings. The van der Waals surface area contributed by atoms with Gasteiger partial charge in [0.2, 0.25) is 0 Å². The zero-order valence-electron chi connectivity index (χ0n) is 12.1. The lowest BCUT2D eigenvalue weighted by molar-refractivity contribution is -0.137. The Bertz CT molecular complexity index is 459. The fourth-order valence-electron chi connectivity index (χ4n) is 2.68. The number of benzene rings is 1. The van der Waals surface area contributed by atoms with E-state index in [9.17, 15) is 4.79 Å². The number of carboxylic acids is 1. The number of nitrogens with zero attached hydrogens (tertiary/aromatic N) is 1. The molecule has 0 radical (unpaired) electrons. The van der Waals surface area contributed by atoms with Crippen molar-refractivity contribution in [1.29, 1.82) is 0 Å². The second kappa shape index (κ2) is 8.39. The molecule has 1 aromatic rings. The summed E-state index contributed by atoms with van der Waals surface area (Å²) in [6.45, 7) is 3.71. The van der Waals surface area contributed by atoms with Gasteiger partial charge in [0.15, 0.2) is 0 Å². The van der Waals surface area contributed by atoms with Gasteiger partial charge in [-0.15, -0.1) is 0 Å². The molecular formula is C16H22BrNO3. The van der Waals surface area contributed by atoms with Crippen molar-refractivity contribution in [2.24, 2.45) is 5.92 Å². The van der Waals surface area contributed by atoms with Crippen LogP contribution in [0.15, 0.2) is 28.7 Å². The number of halogens is 1. The molecule has 1 saturated heterocycles. The number of carbonyl (C=O) groups is 1. The zero-order chi connectivity index (χ0) is 15.1. The predicted molar refractivity (Wildman–Crippen MR) is 85.7 cm³/mol. The molecular weight excluding hydrogens is 334 g/mol. The van der Waals surface area contributed by atoms with Crippen LogP contribution in [0.3, 0.4) is 0 Å². The van der Waals surface area contributed by atoms with Crippen molar-refractivity contribution < 1.29 is 14.6 Å². The summed E-state index contributed by atoms with van der Waals surface area (Å²) in [5.74, 6) is 0.781. The SMILES string of the molecule is O=C(O)CCC1CCN(CCOc2cccc(Br)c2)CC1. The van der Waals surface area contributed by atoms with Crippen LogP contribution in [0.1, 0.15) is 25.7 Å². The molecule has 2 rings (SSSR count). The molecule has 0 aromatic heterocycles. The van der Waals surface area contributed by atoms with Crippen molar-refractivity contribution in [2.75, 3.05) is 26.2 Å². The van der Waals surface area contributed by atoms with Crippen molar-refractivity contribution in [3.63, 3.8) is 0 Å². The van der Waals surface area contributed by atoms with Gasteiger partial charge in [0.25, 0.3) is 0 Å². The second-order valence-corrected chi connectivity index (χ2v) is 6.44. The smallest absolute Gasteiger partial charge is 0.303 e. The van der Waals surface area contributed by atoms with E-state index in [1.54, 1.807) is 0 Å². The maximum absolute atomic E-state index is 10.6. The largest absolute Gasteiger partial charge is 0.492 e. The number of carboxylic acid groups (broad SMARTS) is 1. The Kier molecular flexibility index (Phi) is 6.51. The summed E-state index contributed by atoms with van der Waals surface area (Å²) in [7, 11) is 0. The van der Waals surface area contributed by atoms with E-state index in [-0.39, 0.29) is 0 Å². The lowest BCUT2D eigenvalue weighted by Gasteiger charge is -2.31. The number of aliphatic carboxylic acids is 1. The van der Waals surface area contributed by atoms with Gasteiger partial charge in [-0.3, -0.25) is 9.69 Å². The van der Waals surface area contributed by atoms with Crippen molar-refractivity contribution >= 4 is 21.9 Å². The second-order valence-electron chi connectivity index (χ2n) is 5.52. The summed E-state index contributed by atoms with van der Waals surface area (Å²) in [6, 6.07) is 7.88. The van der Waals surface area contributed by atoms with E-state index in [1.807, 2.05) is 24.3 Å². The van der Waals surface area contributed by atoms with E-state index in [4.69, 9.17) is 9.84 Å². The van der Waals surface area contributed by atoms with E-state index < -0.39 is 5.97 Å². The molecule has 0 unspecified atom stereocenters. The minimum absolute atomic E-state index is 0.302. The first kappa shape index (κ1) is 16.3. The number of rotatable bonds is 7. The lowest BCUT2D eigenvalue weighted by Crippen LogP contribution is -2.36. The standard InChI is InChI=1S/C16H22BrNO3/c17-14-2-1-3-15(12-14)21-11-10-18-8-6-13(7-9-18)4-5-16(19)20/h1-3,12-13H,4-11H2,(H,19,20). The Morgan fingerprint density at radius 3 is 2.81 bits per heavy atom. The van der Waals surface area contributed by atoms with Crippen LogP contribution < -0.4 is 4.74 Å². The molecule has 4 nitrogen and oxygen atoms in total. The van der Waals surface area contributed by atoms with Crippen LogP contribution in [0.2, 0.25) is 0 Å². The third kappa shape index (κ3) is 6.06. The Morgan fingerprint density at radius 2 is 2.14 bits per heavy atom.